The highest BCUT2D eigenvalue weighted by Gasteiger charge is 2.13. The molecule has 0 saturated heterocycles. The lowest BCUT2D eigenvalue weighted by Gasteiger charge is -2.10. The van der Waals surface area contributed by atoms with E-state index in [0.717, 1.165) is 11.4 Å². The smallest absolute Gasteiger partial charge is 0.229 e. The van der Waals surface area contributed by atoms with Crippen molar-refractivity contribution in [3.05, 3.63) is 53.7 Å². The maximum absolute atomic E-state index is 13.4. The molecule has 3 rings (SSSR count). The van der Waals surface area contributed by atoms with Crippen LogP contribution in [0.3, 0.4) is 0 Å². The molecule has 7 heteroatoms. The minimum absolute atomic E-state index is 0.113. The van der Waals surface area contributed by atoms with Crippen LogP contribution in [-0.4, -0.2) is 24.6 Å². The molecular formula is C15H14FN5O. The largest absolute Gasteiger partial charge is 0.493 e. The number of hydrogen-bond acceptors (Lipinski definition) is 5. The molecule has 0 bridgehead atoms. The molecule has 0 fully saturated rings. The van der Waals surface area contributed by atoms with Gasteiger partial charge in [-0.15, -0.1) is 0 Å². The summed E-state index contributed by atoms with van der Waals surface area (Å²) in [6.45, 7) is 3.72. The van der Waals surface area contributed by atoms with Gasteiger partial charge < -0.3 is 5.11 Å². The van der Waals surface area contributed by atoms with Crippen molar-refractivity contribution in [1.82, 2.24) is 19.5 Å². The second-order valence-corrected chi connectivity index (χ2v) is 4.85. The van der Waals surface area contributed by atoms with Gasteiger partial charge in [-0.25, -0.2) is 23.9 Å². The Labute approximate surface area is 126 Å². The lowest BCUT2D eigenvalue weighted by molar-refractivity contribution is 0.443. The predicted molar refractivity (Wildman–Crippen MR) is 80.0 cm³/mol. The zero-order chi connectivity index (χ0) is 15.7. The molecule has 2 N–H and O–H groups in total. The fourth-order valence-electron chi connectivity index (χ4n) is 2.18. The second kappa shape index (κ2) is 5.44. The van der Waals surface area contributed by atoms with Crippen LogP contribution in [0.2, 0.25) is 0 Å². The third kappa shape index (κ3) is 2.73. The summed E-state index contributed by atoms with van der Waals surface area (Å²) < 4.78 is 14.8. The average molecular weight is 299 g/mol. The lowest BCUT2D eigenvalue weighted by Crippen LogP contribution is -2.06. The summed E-state index contributed by atoms with van der Waals surface area (Å²) in [5.41, 5.74) is 2.06. The van der Waals surface area contributed by atoms with Crippen LogP contribution >= 0.6 is 0 Å². The molecule has 0 saturated carbocycles. The highest BCUT2D eigenvalue weighted by molar-refractivity contribution is 5.52. The molecule has 0 aliphatic heterocycles. The minimum atomic E-state index is -0.404. The van der Waals surface area contributed by atoms with Gasteiger partial charge in [0.25, 0.3) is 0 Å². The van der Waals surface area contributed by atoms with E-state index in [4.69, 9.17) is 0 Å². The minimum Gasteiger partial charge on any atom is -0.493 e. The lowest BCUT2D eigenvalue weighted by atomic mass is 10.3. The Hall–Kier alpha value is -2.96. The van der Waals surface area contributed by atoms with Crippen LogP contribution in [0.5, 0.6) is 5.88 Å². The first-order valence-electron chi connectivity index (χ1n) is 6.65. The standard InChI is InChI=1S/C15H14FN5O/c1-9-6-10(2)19-14(18-9)20-15-17-8-13(22)21(15)12-5-3-4-11(16)7-12/h3-8,22H,1-2H3,(H,17,18,19,20). The fourth-order valence-corrected chi connectivity index (χ4v) is 2.18. The number of nitrogens with one attached hydrogen (secondary N) is 1. The number of hydrogen-bond donors (Lipinski definition) is 2. The Bertz CT molecular complexity index is 810. The Balaban J connectivity index is 2.02. The van der Waals surface area contributed by atoms with Crippen LogP contribution in [-0.2, 0) is 0 Å². The monoisotopic (exact) mass is 299 g/mol. The number of aryl methyl sites for hydroxylation is 2. The van der Waals surface area contributed by atoms with E-state index in [-0.39, 0.29) is 5.88 Å². The Morgan fingerprint density at radius 1 is 1.14 bits per heavy atom. The molecule has 0 aliphatic carbocycles. The van der Waals surface area contributed by atoms with Gasteiger partial charge in [-0.1, -0.05) is 6.07 Å². The average Bonchev–Trinajstić information content (AvgIpc) is 2.78. The van der Waals surface area contributed by atoms with Crippen molar-refractivity contribution in [3.63, 3.8) is 0 Å². The van der Waals surface area contributed by atoms with Crippen LogP contribution < -0.4 is 5.32 Å². The quantitative estimate of drug-likeness (QED) is 0.777. The van der Waals surface area contributed by atoms with Gasteiger partial charge in [0.05, 0.1) is 11.9 Å². The summed E-state index contributed by atoms with van der Waals surface area (Å²) in [5, 5.41) is 12.9. The molecule has 6 nitrogen and oxygen atoms in total. The number of halogens is 1. The number of aromatic nitrogens is 4. The normalized spacial score (nSPS) is 10.7. The van der Waals surface area contributed by atoms with Gasteiger partial charge in [0, 0.05) is 11.4 Å². The van der Waals surface area contributed by atoms with Gasteiger partial charge in [-0.2, -0.15) is 0 Å². The van der Waals surface area contributed by atoms with E-state index in [1.807, 2.05) is 19.9 Å². The molecule has 0 spiro atoms. The first-order valence-corrected chi connectivity index (χ1v) is 6.65. The molecule has 112 valence electrons. The molecular weight excluding hydrogens is 285 g/mol. The van der Waals surface area contributed by atoms with Gasteiger partial charge in [-0.3, -0.25) is 5.32 Å². The van der Waals surface area contributed by atoms with Crippen molar-refractivity contribution < 1.29 is 9.50 Å². The van der Waals surface area contributed by atoms with E-state index in [2.05, 4.69) is 20.3 Å². The van der Waals surface area contributed by atoms with Crippen LogP contribution in [0, 0.1) is 19.7 Å². The summed E-state index contributed by atoms with van der Waals surface area (Å²) in [5.74, 6) is 0.144. The third-order valence-electron chi connectivity index (χ3n) is 3.02. The molecule has 2 aromatic heterocycles. The molecule has 0 atom stereocenters. The van der Waals surface area contributed by atoms with Crippen molar-refractivity contribution in [2.24, 2.45) is 0 Å². The van der Waals surface area contributed by atoms with E-state index >= 15 is 0 Å². The molecule has 0 amide bonds. The van der Waals surface area contributed by atoms with Crippen LogP contribution in [0.1, 0.15) is 11.4 Å². The van der Waals surface area contributed by atoms with Gasteiger partial charge in [0.15, 0.2) is 0 Å². The summed E-state index contributed by atoms with van der Waals surface area (Å²) in [6.07, 6.45) is 1.27. The Morgan fingerprint density at radius 2 is 1.86 bits per heavy atom. The van der Waals surface area contributed by atoms with Crippen LogP contribution in [0.15, 0.2) is 36.5 Å². The van der Waals surface area contributed by atoms with Crippen molar-refractivity contribution >= 4 is 11.9 Å². The number of aromatic hydroxyl groups is 1. The zero-order valence-electron chi connectivity index (χ0n) is 12.1. The third-order valence-corrected chi connectivity index (χ3v) is 3.02. The van der Waals surface area contributed by atoms with Gasteiger partial charge in [-0.05, 0) is 38.1 Å². The number of nitrogens with zero attached hydrogens (tertiary/aromatic N) is 4. The first-order chi connectivity index (χ1) is 10.5. The summed E-state index contributed by atoms with van der Waals surface area (Å²) in [7, 11) is 0. The van der Waals surface area contributed by atoms with Crippen LogP contribution in [0.4, 0.5) is 16.3 Å². The molecule has 22 heavy (non-hydrogen) atoms. The van der Waals surface area contributed by atoms with Crippen molar-refractivity contribution in [2.75, 3.05) is 5.32 Å². The van der Waals surface area contributed by atoms with Gasteiger partial charge in [0.1, 0.15) is 5.82 Å². The summed E-state index contributed by atoms with van der Waals surface area (Å²) in [4.78, 5) is 12.6. The van der Waals surface area contributed by atoms with E-state index in [9.17, 15) is 9.50 Å². The van der Waals surface area contributed by atoms with Crippen molar-refractivity contribution in [3.8, 4) is 11.6 Å². The van der Waals surface area contributed by atoms with Crippen molar-refractivity contribution in [2.45, 2.75) is 13.8 Å². The molecule has 0 radical (unpaired) electrons. The van der Waals surface area contributed by atoms with E-state index in [1.165, 1.54) is 22.9 Å². The van der Waals surface area contributed by atoms with Crippen molar-refractivity contribution in [1.29, 1.82) is 0 Å². The molecule has 0 aliphatic rings. The van der Waals surface area contributed by atoms with E-state index < -0.39 is 5.82 Å². The highest BCUT2D eigenvalue weighted by Crippen LogP contribution is 2.25. The molecule has 3 aromatic rings. The van der Waals surface area contributed by atoms with E-state index in [0.29, 0.717) is 17.6 Å². The fraction of sp³-hybridized carbons (Fsp3) is 0.133. The summed E-state index contributed by atoms with van der Waals surface area (Å²) >= 11 is 0. The van der Waals surface area contributed by atoms with Crippen LogP contribution in [0.25, 0.3) is 5.69 Å². The molecule has 2 heterocycles. The predicted octanol–water partition coefficient (Wildman–Crippen LogP) is 2.87. The highest BCUT2D eigenvalue weighted by atomic mass is 19.1. The zero-order valence-corrected chi connectivity index (χ0v) is 12.1. The Kier molecular flexibility index (Phi) is 3.46. The molecule has 0 unspecified atom stereocenters. The number of benzene rings is 1. The summed E-state index contributed by atoms with van der Waals surface area (Å²) in [6, 6.07) is 7.70. The molecule has 1 aromatic carbocycles. The van der Waals surface area contributed by atoms with Gasteiger partial charge >= 0.3 is 0 Å². The second-order valence-electron chi connectivity index (χ2n) is 4.85. The topological polar surface area (TPSA) is 75.9 Å². The Morgan fingerprint density at radius 3 is 2.55 bits per heavy atom. The maximum Gasteiger partial charge on any atom is 0.229 e. The SMILES string of the molecule is Cc1cc(C)nc(Nc2ncc(O)n2-c2cccc(F)c2)n1. The van der Waals surface area contributed by atoms with Gasteiger partial charge in [0.2, 0.25) is 17.8 Å². The number of anilines is 2. The number of rotatable bonds is 3. The van der Waals surface area contributed by atoms with E-state index in [1.54, 1.807) is 12.1 Å². The maximum atomic E-state index is 13.4. The first kappa shape index (κ1) is 14.0. The number of imidazole rings is 1.